The summed E-state index contributed by atoms with van der Waals surface area (Å²) in [5, 5.41) is 1.50. The summed E-state index contributed by atoms with van der Waals surface area (Å²) in [5.41, 5.74) is 6.87. The molecule has 2 aromatic heterocycles. The molecule has 3 heterocycles. The third-order valence-corrected chi connectivity index (χ3v) is 6.19. The molecule has 6 rings (SSSR count). The summed E-state index contributed by atoms with van der Waals surface area (Å²) in [7, 11) is 0. The third kappa shape index (κ3) is 3.31. The smallest absolute Gasteiger partial charge is 0.344 e. The molecule has 3 aromatic carbocycles. The number of ether oxygens (including phenoxy) is 1. The highest BCUT2D eigenvalue weighted by molar-refractivity contribution is 6.31. The second kappa shape index (κ2) is 7.61. The largest absolute Gasteiger partial charge is 0.488 e. The second-order valence-electron chi connectivity index (χ2n) is 8.17. The number of fused-ring (bicyclic) bond motifs is 4. The van der Waals surface area contributed by atoms with Gasteiger partial charge in [-0.2, -0.15) is 0 Å². The predicted molar refractivity (Wildman–Crippen MR) is 131 cm³/mol. The van der Waals surface area contributed by atoms with Gasteiger partial charge < -0.3 is 9.15 Å². The summed E-state index contributed by atoms with van der Waals surface area (Å²) < 4.78 is 11.7. The fourth-order valence-electron chi connectivity index (χ4n) is 4.45. The lowest BCUT2D eigenvalue weighted by Crippen LogP contribution is -2.09. The SMILES string of the molecule is Cc1ccc2oc(=O)c(-c3ccccc3)c(-c3cnc4c(c3)COc3ccc(Cl)cc3-4)c2c1. The highest BCUT2D eigenvalue weighted by atomic mass is 35.5. The fourth-order valence-corrected chi connectivity index (χ4v) is 4.62. The summed E-state index contributed by atoms with van der Waals surface area (Å²) in [4.78, 5) is 18.0. The van der Waals surface area contributed by atoms with Crippen LogP contribution in [0.1, 0.15) is 11.1 Å². The molecule has 0 N–H and O–H groups in total. The third-order valence-electron chi connectivity index (χ3n) is 5.96. The normalized spacial score (nSPS) is 12.2. The van der Waals surface area contributed by atoms with Gasteiger partial charge >= 0.3 is 5.63 Å². The minimum atomic E-state index is -0.376. The Morgan fingerprint density at radius 1 is 0.909 bits per heavy atom. The molecule has 0 radical (unpaired) electrons. The molecule has 0 fully saturated rings. The average Bonchev–Trinajstić information content (AvgIpc) is 2.83. The lowest BCUT2D eigenvalue weighted by Gasteiger charge is -2.21. The molecular weight excluding hydrogens is 434 g/mol. The topological polar surface area (TPSA) is 52.3 Å². The van der Waals surface area contributed by atoms with Crippen molar-refractivity contribution < 1.29 is 9.15 Å². The van der Waals surface area contributed by atoms with Crippen LogP contribution in [0.15, 0.2) is 88.2 Å². The molecular formula is C28H18ClNO3. The van der Waals surface area contributed by atoms with Gasteiger partial charge in [0.05, 0.1) is 11.3 Å². The summed E-state index contributed by atoms with van der Waals surface area (Å²) in [5.74, 6) is 0.763. The molecule has 1 aliphatic heterocycles. The lowest BCUT2D eigenvalue weighted by molar-refractivity contribution is 0.301. The molecule has 0 amide bonds. The fraction of sp³-hybridized carbons (Fsp3) is 0.0714. The van der Waals surface area contributed by atoms with Crippen LogP contribution >= 0.6 is 11.6 Å². The van der Waals surface area contributed by atoms with Crippen molar-refractivity contribution >= 4 is 22.6 Å². The van der Waals surface area contributed by atoms with E-state index in [0.29, 0.717) is 22.8 Å². The number of halogens is 1. The molecule has 33 heavy (non-hydrogen) atoms. The maximum absolute atomic E-state index is 13.2. The Bertz CT molecular complexity index is 1610. The van der Waals surface area contributed by atoms with E-state index in [1.54, 1.807) is 0 Å². The number of rotatable bonds is 2. The molecule has 5 aromatic rings. The highest BCUT2D eigenvalue weighted by Crippen LogP contribution is 2.41. The van der Waals surface area contributed by atoms with Gasteiger partial charge in [-0.1, -0.05) is 53.6 Å². The molecule has 4 nitrogen and oxygen atoms in total. The maximum atomic E-state index is 13.2. The van der Waals surface area contributed by atoms with Crippen LogP contribution < -0.4 is 10.4 Å². The van der Waals surface area contributed by atoms with E-state index in [1.807, 2.05) is 79.9 Å². The van der Waals surface area contributed by atoms with Crippen LogP contribution in [0, 0.1) is 6.92 Å². The van der Waals surface area contributed by atoms with Crippen LogP contribution in [-0.4, -0.2) is 4.98 Å². The second-order valence-corrected chi connectivity index (χ2v) is 8.60. The zero-order valence-electron chi connectivity index (χ0n) is 17.8. The van der Waals surface area contributed by atoms with E-state index in [1.165, 1.54) is 0 Å². The Labute approximate surface area is 195 Å². The lowest BCUT2D eigenvalue weighted by atomic mass is 9.91. The maximum Gasteiger partial charge on any atom is 0.344 e. The number of nitrogens with zero attached hydrogens (tertiary/aromatic N) is 1. The van der Waals surface area contributed by atoms with Crippen molar-refractivity contribution in [3.05, 3.63) is 106 Å². The number of hydrogen-bond donors (Lipinski definition) is 0. The summed E-state index contributed by atoms with van der Waals surface area (Å²) in [6.07, 6.45) is 1.82. The molecule has 1 aliphatic rings. The Morgan fingerprint density at radius 2 is 1.76 bits per heavy atom. The van der Waals surface area contributed by atoms with Gasteiger partial charge in [0.25, 0.3) is 0 Å². The van der Waals surface area contributed by atoms with Gasteiger partial charge in [-0.15, -0.1) is 0 Å². The molecule has 160 valence electrons. The van der Waals surface area contributed by atoms with Gasteiger partial charge in [-0.3, -0.25) is 4.98 Å². The van der Waals surface area contributed by atoms with Gasteiger partial charge in [0, 0.05) is 38.9 Å². The Morgan fingerprint density at radius 3 is 2.61 bits per heavy atom. The highest BCUT2D eigenvalue weighted by Gasteiger charge is 2.23. The predicted octanol–water partition coefficient (Wildman–Crippen LogP) is 7.04. The summed E-state index contributed by atoms with van der Waals surface area (Å²) in [6, 6.07) is 23.0. The minimum absolute atomic E-state index is 0.376. The first-order valence-corrected chi connectivity index (χ1v) is 11.0. The van der Waals surface area contributed by atoms with Crippen molar-refractivity contribution in [3.63, 3.8) is 0 Å². The van der Waals surface area contributed by atoms with E-state index >= 15 is 0 Å². The van der Waals surface area contributed by atoms with Crippen LogP contribution in [0.25, 0.3) is 44.5 Å². The molecule has 0 saturated carbocycles. The Hall–Kier alpha value is -3.89. The van der Waals surface area contributed by atoms with E-state index in [9.17, 15) is 4.79 Å². The van der Waals surface area contributed by atoms with E-state index in [-0.39, 0.29) is 5.63 Å². The first kappa shape index (κ1) is 19.8. The van der Waals surface area contributed by atoms with Crippen molar-refractivity contribution in [1.29, 1.82) is 0 Å². The van der Waals surface area contributed by atoms with Gasteiger partial charge in [-0.25, -0.2) is 4.79 Å². The summed E-state index contributed by atoms with van der Waals surface area (Å²) in [6.45, 7) is 2.42. The van der Waals surface area contributed by atoms with Crippen molar-refractivity contribution in [2.45, 2.75) is 13.5 Å². The van der Waals surface area contributed by atoms with E-state index in [4.69, 9.17) is 25.7 Å². The Balaban J connectivity index is 1.65. The summed E-state index contributed by atoms with van der Waals surface area (Å²) >= 11 is 6.23. The van der Waals surface area contributed by atoms with Crippen molar-refractivity contribution in [1.82, 2.24) is 4.98 Å². The van der Waals surface area contributed by atoms with Crippen LogP contribution in [0.2, 0.25) is 5.02 Å². The van der Waals surface area contributed by atoms with Gasteiger partial charge in [0.15, 0.2) is 0 Å². The van der Waals surface area contributed by atoms with Crippen molar-refractivity contribution in [3.8, 4) is 39.3 Å². The molecule has 0 unspecified atom stereocenters. The molecule has 0 spiro atoms. The van der Waals surface area contributed by atoms with Crippen LogP contribution in [0.3, 0.4) is 0 Å². The van der Waals surface area contributed by atoms with Gasteiger partial charge in [0.2, 0.25) is 0 Å². The Kier molecular flexibility index (Phi) is 4.56. The van der Waals surface area contributed by atoms with E-state index in [2.05, 4.69) is 6.07 Å². The molecule has 0 saturated heterocycles. The average molecular weight is 452 g/mol. The zero-order valence-corrected chi connectivity index (χ0v) is 18.5. The monoisotopic (exact) mass is 451 g/mol. The van der Waals surface area contributed by atoms with Crippen molar-refractivity contribution in [2.75, 3.05) is 0 Å². The number of benzene rings is 3. The van der Waals surface area contributed by atoms with E-state index in [0.717, 1.165) is 50.2 Å². The van der Waals surface area contributed by atoms with Crippen LogP contribution in [0.5, 0.6) is 5.75 Å². The zero-order chi connectivity index (χ0) is 22.5. The van der Waals surface area contributed by atoms with Crippen molar-refractivity contribution in [2.24, 2.45) is 0 Å². The number of hydrogen-bond acceptors (Lipinski definition) is 4. The minimum Gasteiger partial charge on any atom is -0.488 e. The first-order chi connectivity index (χ1) is 16.1. The molecule has 0 atom stereocenters. The number of pyridine rings is 1. The van der Waals surface area contributed by atoms with Gasteiger partial charge in [0.1, 0.15) is 17.9 Å². The van der Waals surface area contributed by atoms with Crippen LogP contribution in [0.4, 0.5) is 0 Å². The number of aryl methyl sites for hydroxylation is 1. The number of aromatic nitrogens is 1. The van der Waals surface area contributed by atoms with Crippen LogP contribution in [-0.2, 0) is 6.61 Å². The molecule has 5 heteroatoms. The molecule has 0 aliphatic carbocycles. The molecule has 0 bridgehead atoms. The quantitative estimate of drug-likeness (QED) is 0.270. The van der Waals surface area contributed by atoms with Gasteiger partial charge in [-0.05, 0) is 48.9 Å². The van der Waals surface area contributed by atoms with E-state index < -0.39 is 0 Å². The standard InChI is InChI=1S/C28H18ClNO3/c1-16-7-9-24-21(11-16)25(26(28(31)33-24)17-5-3-2-4-6-17)18-12-19-15-32-23-10-8-20(29)13-22(23)27(19)30-14-18/h2-14H,15H2,1H3. The first-order valence-electron chi connectivity index (χ1n) is 10.6.